The molecule has 0 aromatic heterocycles. The van der Waals surface area contributed by atoms with Crippen molar-refractivity contribution in [3.63, 3.8) is 0 Å². The summed E-state index contributed by atoms with van der Waals surface area (Å²) in [6.07, 6.45) is 8.02. The first-order chi connectivity index (χ1) is 7.78. The van der Waals surface area contributed by atoms with Crippen LogP contribution in [0.2, 0.25) is 0 Å². The number of benzene rings is 1. The predicted molar refractivity (Wildman–Crippen MR) is 62.7 cm³/mol. The molecule has 0 unspecified atom stereocenters. The SMILES string of the molecule is CO/C=C/C1(c2ccccc2F)CCCC1. The third kappa shape index (κ3) is 1.97. The van der Waals surface area contributed by atoms with Crippen LogP contribution in [0.5, 0.6) is 0 Å². The molecule has 16 heavy (non-hydrogen) atoms. The van der Waals surface area contributed by atoms with Gasteiger partial charge in [-0.3, -0.25) is 0 Å². The van der Waals surface area contributed by atoms with Crippen molar-refractivity contribution in [2.75, 3.05) is 7.11 Å². The number of halogens is 1. The first-order valence-electron chi connectivity index (χ1n) is 5.74. The molecular formula is C14H17FO. The fourth-order valence-corrected chi connectivity index (χ4v) is 2.59. The number of hydrogen-bond donors (Lipinski definition) is 0. The Morgan fingerprint density at radius 1 is 1.25 bits per heavy atom. The zero-order valence-corrected chi connectivity index (χ0v) is 9.58. The van der Waals surface area contributed by atoms with Gasteiger partial charge in [0.1, 0.15) is 5.82 Å². The second-order valence-electron chi connectivity index (χ2n) is 4.38. The molecule has 0 aliphatic heterocycles. The molecule has 0 amide bonds. The van der Waals surface area contributed by atoms with Crippen molar-refractivity contribution < 1.29 is 9.13 Å². The summed E-state index contributed by atoms with van der Waals surface area (Å²) in [7, 11) is 1.63. The smallest absolute Gasteiger partial charge is 0.127 e. The summed E-state index contributed by atoms with van der Waals surface area (Å²) in [6.45, 7) is 0. The van der Waals surface area contributed by atoms with Gasteiger partial charge in [-0.15, -0.1) is 0 Å². The number of allylic oxidation sites excluding steroid dienone is 1. The van der Waals surface area contributed by atoms with Crippen molar-refractivity contribution in [1.82, 2.24) is 0 Å². The highest BCUT2D eigenvalue weighted by atomic mass is 19.1. The Kier molecular flexibility index (Phi) is 3.28. The van der Waals surface area contributed by atoms with Crippen LogP contribution in [0.25, 0.3) is 0 Å². The van der Waals surface area contributed by atoms with Crippen LogP contribution in [-0.4, -0.2) is 7.11 Å². The van der Waals surface area contributed by atoms with E-state index in [2.05, 4.69) is 0 Å². The van der Waals surface area contributed by atoms with Crippen LogP contribution in [0.1, 0.15) is 31.2 Å². The summed E-state index contributed by atoms with van der Waals surface area (Å²) in [5, 5.41) is 0. The van der Waals surface area contributed by atoms with E-state index in [9.17, 15) is 4.39 Å². The van der Waals surface area contributed by atoms with Gasteiger partial charge in [-0.25, -0.2) is 4.39 Å². The average molecular weight is 220 g/mol. The van der Waals surface area contributed by atoms with Crippen molar-refractivity contribution >= 4 is 0 Å². The molecule has 0 saturated heterocycles. The van der Waals surface area contributed by atoms with Crippen molar-refractivity contribution in [1.29, 1.82) is 0 Å². The van der Waals surface area contributed by atoms with Gasteiger partial charge >= 0.3 is 0 Å². The van der Waals surface area contributed by atoms with Gasteiger partial charge in [0.25, 0.3) is 0 Å². The summed E-state index contributed by atoms with van der Waals surface area (Å²) < 4.78 is 18.8. The second kappa shape index (κ2) is 4.69. The fourth-order valence-electron chi connectivity index (χ4n) is 2.59. The second-order valence-corrected chi connectivity index (χ2v) is 4.38. The van der Waals surface area contributed by atoms with Gasteiger partial charge in [0.05, 0.1) is 13.4 Å². The maximum atomic E-state index is 13.8. The van der Waals surface area contributed by atoms with E-state index in [4.69, 9.17) is 4.74 Å². The minimum atomic E-state index is -0.151. The maximum absolute atomic E-state index is 13.8. The van der Waals surface area contributed by atoms with E-state index in [1.54, 1.807) is 19.4 Å². The van der Waals surface area contributed by atoms with Gasteiger partial charge in [0, 0.05) is 5.41 Å². The van der Waals surface area contributed by atoms with Crippen LogP contribution in [0, 0.1) is 5.82 Å². The highest BCUT2D eigenvalue weighted by molar-refractivity contribution is 5.33. The van der Waals surface area contributed by atoms with Crippen molar-refractivity contribution in [2.24, 2.45) is 0 Å². The molecule has 1 aromatic carbocycles. The van der Waals surface area contributed by atoms with E-state index in [1.165, 1.54) is 6.07 Å². The first kappa shape index (κ1) is 11.2. The lowest BCUT2D eigenvalue weighted by Crippen LogP contribution is -2.20. The molecule has 1 nitrogen and oxygen atoms in total. The minimum Gasteiger partial charge on any atom is -0.505 e. The van der Waals surface area contributed by atoms with Crippen LogP contribution in [0.4, 0.5) is 4.39 Å². The number of ether oxygens (including phenoxy) is 1. The molecule has 2 rings (SSSR count). The standard InChI is InChI=1S/C14H17FO/c1-16-11-10-14(8-4-5-9-14)12-6-2-3-7-13(12)15/h2-3,6-7,10-11H,4-5,8-9H2,1H3/b11-10+. The molecule has 1 saturated carbocycles. The van der Waals surface area contributed by atoms with Crippen LogP contribution in [-0.2, 0) is 10.2 Å². The zero-order chi connectivity index (χ0) is 11.4. The molecule has 0 atom stereocenters. The fraction of sp³-hybridized carbons (Fsp3) is 0.429. The predicted octanol–water partition coefficient (Wildman–Crippen LogP) is 3.80. The van der Waals surface area contributed by atoms with Gasteiger partial charge in [-0.05, 0) is 30.5 Å². The van der Waals surface area contributed by atoms with Gasteiger partial charge < -0.3 is 4.74 Å². The van der Waals surface area contributed by atoms with E-state index in [0.717, 1.165) is 31.2 Å². The Morgan fingerprint density at radius 3 is 2.56 bits per heavy atom. The molecule has 1 fully saturated rings. The summed E-state index contributed by atoms with van der Waals surface area (Å²) in [6, 6.07) is 7.07. The molecule has 0 bridgehead atoms. The molecule has 1 aliphatic carbocycles. The normalized spacial score (nSPS) is 19.1. The largest absolute Gasteiger partial charge is 0.505 e. The zero-order valence-electron chi connectivity index (χ0n) is 9.58. The third-order valence-electron chi connectivity index (χ3n) is 3.43. The average Bonchev–Trinajstić information content (AvgIpc) is 2.77. The summed E-state index contributed by atoms with van der Waals surface area (Å²) in [5.41, 5.74) is 0.655. The molecular weight excluding hydrogens is 203 g/mol. The van der Waals surface area contributed by atoms with E-state index >= 15 is 0 Å². The van der Waals surface area contributed by atoms with Crippen LogP contribution in [0.15, 0.2) is 36.6 Å². The molecule has 1 aliphatic rings. The van der Waals surface area contributed by atoms with Gasteiger partial charge in [0.2, 0.25) is 0 Å². The van der Waals surface area contributed by atoms with Crippen LogP contribution < -0.4 is 0 Å². The highest BCUT2D eigenvalue weighted by Crippen LogP contribution is 2.43. The molecule has 0 heterocycles. The van der Waals surface area contributed by atoms with Crippen LogP contribution in [0.3, 0.4) is 0 Å². The molecule has 2 heteroatoms. The Morgan fingerprint density at radius 2 is 1.94 bits per heavy atom. The summed E-state index contributed by atoms with van der Waals surface area (Å²) >= 11 is 0. The molecule has 0 radical (unpaired) electrons. The third-order valence-corrected chi connectivity index (χ3v) is 3.43. The minimum absolute atomic E-state index is 0.106. The van der Waals surface area contributed by atoms with Gasteiger partial charge in [-0.2, -0.15) is 0 Å². The van der Waals surface area contributed by atoms with Gasteiger partial charge in [0.15, 0.2) is 0 Å². The Bertz CT molecular complexity index is 378. The highest BCUT2D eigenvalue weighted by Gasteiger charge is 2.35. The molecule has 1 aromatic rings. The lowest BCUT2D eigenvalue weighted by Gasteiger charge is -2.25. The maximum Gasteiger partial charge on any atom is 0.127 e. The topological polar surface area (TPSA) is 9.23 Å². The molecule has 0 N–H and O–H groups in total. The quantitative estimate of drug-likeness (QED) is 0.704. The van der Waals surface area contributed by atoms with E-state index in [1.807, 2.05) is 18.2 Å². The van der Waals surface area contributed by atoms with Gasteiger partial charge in [-0.1, -0.05) is 31.0 Å². The Labute approximate surface area is 95.9 Å². The van der Waals surface area contributed by atoms with Crippen molar-refractivity contribution in [3.8, 4) is 0 Å². The number of hydrogen-bond acceptors (Lipinski definition) is 1. The van der Waals surface area contributed by atoms with E-state index in [0.29, 0.717) is 0 Å². The summed E-state index contributed by atoms with van der Waals surface area (Å²) in [5.74, 6) is -0.106. The monoisotopic (exact) mass is 220 g/mol. The lowest BCUT2D eigenvalue weighted by atomic mass is 9.79. The number of methoxy groups -OCH3 is 1. The first-order valence-corrected chi connectivity index (χ1v) is 5.74. The van der Waals surface area contributed by atoms with Crippen molar-refractivity contribution in [3.05, 3.63) is 48.0 Å². The Balaban J connectivity index is 2.40. The lowest BCUT2D eigenvalue weighted by molar-refractivity contribution is 0.330. The van der Waals surface area contributed by atoms with Crippen LogP contribution >= 0.6 is 0 Å². The summed E-state index contributed by atoms with van der Waals surface area (Å²) in [4.78, 5) is 0. The Hall–Kier alpha value is -1.31. The van der Waals surface area contributed by atoms with E-state index in [-0.39, 0.29) is 11.2 Å². The van der Waals surface area contributed by atoms with Crippen molar-refractivity contribution in [2.45, 2.75) is 31.1 Å². The van der Waals surface area contributed by atoms with E-state index < -0.39 is 0 Å². The molecule has 86 valence electrons. The molecule has 0 spiro atoms. The number of rotatable bonds is 3.